The molecule has 0 atom stereocenters. The fourth-order valence-corrected chi connectivity index (χ4v) is 3.20. The largest absolute Gasteiger partial charge is 0.497 e. The average Bonchev–Trinajstić information content (AvgIpc) is 2.87. The van der Waals surface area contributed by atoms with E-state index < -0.39 is 14.9 Å². The van der Waals surface area contributed by atoms with Crippen LogP contribution in [0.15, 0.2) is 35.4 Å². The predicted molar refractivity (Wildman–Crippen MR) is 72.6 cm³/mol. The SMILES string of the molecule is COc1ccc(S(=O)(=O)Nc2ncc([N+](=O)[O-])s2)cc1. The molecule has 0 saturated carbocycles. The molecule has 2 rings (SSSR count). The Kier molecular flexibility index (Phi) is 3.86. The minimum absolute atomic E-state index is 0.0103. The Morgan fingerprint density at radius 3 is 2.50 bits per heavy atom. The third-order valence-corrected chi connectivity index (χ3v) is 4.61. The molecule has 2 aromatic rings. The molecule has 1 aromatic heterocycles. The number of hydrogen-bond donors (Lipinski definition) is 1. The van der Waals surface area contributed by atoms with Crippen LogP contribution in [0.25, 0.3) is 0 Å². The Hall–Kier alpha value is -2.20. The molecule has 0 aliphatic heterocycles. The van der Waals surface area contributed by atoms with Gasteiger partial charge in [-0.25, -0.2) is 13.4 Å². The Morgan fingerprint density at radius 1 is 1.35 bits per heavy atom. The first kappa shape index (κ1) is 14.2. The summed E-state index contributed by atoms with van der Waals surface area (Å²) in [5, 5.41) is 10.2. The van der Waals surface area contributed by atoms with Gasteiger partial charge in [-0.3, -0.25) is 14.8 Å². The zero-order valence-corrected chi connectivity index (χ0v) is 11.8. The summed E-state index contributed by atoms with van der Waals surface area (Å²) < 4.78 is 31.2. The van der Waals surface area contributed by atoms with Gasteiger partial charge in [0.15, 0.2) is 0 Å². The molecule has 0 spiro atoms. The number of aromatic nitrogens is 1. The lowest BCUT2D eigenvalue weighted by Crippen LogP contribution is -2.12. The molecule has 0 saturated heterocycles. The first-order chi connectivity index (χ1) is 9.42. The molecule has 0 radical (unpaired) electrons. The second-order valence-electron chi connectivity index (χ2n) is 3.54. The molecule has 0 aliphatic rings. The van der Waals surface area contributed by atoms with E-state index in [9.17, 15) is 18.5 Å². The van der Waals surface area contributed by atoms with Crippen molar-refractivity contribution < 1.29 is 18.1 Å². The van der Waals surface area contributed by atoms with Gasteiger partial charge in [0, 0.05) is 0 Å². The van der Waals surface area contributed by atoms with E-state index in [2.05, 4.69) is 9.71 Å². The van der Waals surface area contributed by atoms with Crippen molar-refractivity contribution in [2.24, 2.45) is 0 Å². The molecule has 10 heteroatoms. The number of thiazole rings is 1. The summed E-state index contributed by atoms with van der Waals surface area (Å²) in [6, 6.07) is 5.73. The third-order valence-electron chi connectivity index (χ3n) is 2.26. The van der Waals surface area contributed by atoms with Gasteiger partial charge in [0.2, 0.25) is 5.13 Å². The zero-order chi connectivity index (χ0) is 14.8. The summed E-state index contributed by atoms with van der Waals surface area (Å²) in [7, 11) is -2.36. The molecule has 1 heterocycles. The highest BCUT2D eigenvalue weighted by Gasteiger charge is 2.18. The van der Waals surface area contributed by atoms with Gasteiger partial charge in [-0.15, -0.1) is 0 Å². The third kappa shape index (κ3) is 3.03. The Balaban J connectivity index is 2.23. The number of hydrogen-bond acceptors (Lipinski definition) is 7. The highest BCUT2D eigenvalue weighted by Crippen LogP contribution is 2.27. The van der Waals surface area contributed by atoms with Crippen LogP contribution in [0.3, 0.4) is 0 Å². The summed E-state index contributed by atoms with van der Waals surface area (Å²) in [4.78, 5) is 13.5. The van der Waals surface area contributed by atoms with E-state index in [4.69, 9.17) is 4.74 Å². The Bertz CT molecular complexity index is 724. The van der Waals surface area contributed by atoms with Crippen molar-refractivity contribution in [1.82, 2.24) is 4.98 Å². The van der Waals surface area contributed by atoms with Gasteiger partial charge in [-0.1, -0.05) is 0 Å². The van der Waals surface area contributed by atoms with Crippen LogP contribution in [-0.2, 0) is 10.0 Å². The fourth-order valence-electron chi connectivity index (χ4n) is 1.33. The fraction of sp³-hybridized carbons (Fsp3) is 0.100. The van der Waals surface area contributed by atoms with Crippen LogP contribution < -0.4 is 9.46 Å². The second-order valence-corrected chi connectivity index (χ2v) is 6.23. The number of sulfonamides is 1. The van der Waals surface area contributed by atoms with Crippen molar-refractivity contribution in [3.05, 3.63) is 40.6 Å². The maximum atomic E-state index is 12.0. The standard InChI is InChI=1S/C10H9N3O5S2/c1-18-7-2-4-8(5-3-7)20(16,17)12-10-11-6-9(19-10)13(14)15/h2-6H,1H3,(H,11,12). The Labute approximate surface area is 118 Å². The van der Waals surface area contributed by atoms with E-state index in [1.54, 1.807) is 0 Å². The summed E-state index contributed by atoms with van der Waals surface area (Å²) in [5.74, 6) is 0.522. The molecule has 1 aromatic carbocycles. The quantitative estimate of drug-likeness (QED) is 0.666. The van der Waals surface area contributed by atoms with Crippen molar-refractivity contribution in [3.63, 3.8) is 0 Å². The predicted octanol–water partition coefficient (Wildman–Crippen LogP) is 1.86. The molecule has 106 valence electrons. The smallest absolute Gasteiger partial charge is 0.345 e. The van der Waals surface area contributed by atoms with E-state index in [1.165, 1.54) is 31.4 Å². The van der Waals surface area contributed by atoms with Crippen LogP contribution >= 0.6 is 11.3 Å². The monoisotopic (exact) mass is 315 g/mol. The van der Waals surface area contributed by atoms with Gasteiger partial charge < -0.3 is 4.74 Å². The molecule has 0 aliphatic carbocycles. The van der Waals surface area contributed by atoms with Crippen LogP contribution in [0.1, 0.15) is 0 Å². The topological polar surface area (TPSA) is 111 Å². The van der Waals surface area contributed by atoms with Gasteiger partial charge in [-0.2, -0.15) is 0 Å². The molecule has 0 bridgehead atoms. The minimum Gasteiger partial charge on any atom is -0.497 e. The average molecular weight is 315 g/mol. The molecule has 0 unspecified atom stereocenters. The van der Waals surface area contributed by atoms with Crippen molar-refractivity contribution in [3.8, 4) is 5.75 Å². The first-order valence-electron chi connectivity index (χ1n) is 5.19. The van der Waals surface area contributed by atoms with Crippen molar-refractivity contribution in [2.45, 2.75) is 4.90 Å². The highest BCUT2D eigenvalue weighted by atomic mass is 32.2. The lowest BCUT2D eigenvalue weighted by Gasteiger charge is -2.05. The van der Waals surface area contributed by atoms with Gasteiger partial charge in [0.25, 0.3) is 10.0 Å². The number of benzene rings is 1. The number of nitro groups is 1. The van der Waals surface area contributed by atoms with E-state index in [0.29, 0.717) is 17.1 Å². The zero-order valence-electron chi connectivity index (χ0n) is 10.1. The lowest BCUT2D eigenvalue weighted by atomic mass is 10.3. The summed E-state index contributed by atoms with van der Waals surface area (Å²) in [5.41, 5.74) is 0. The molecule has 0 amide bonds. The molecule has 0 fully saturated rings. The van der Waals surface area contributed by atoms with E-state index in [1.807, 2.05) is 0 Å². The summed E-state index contributed by atoms with van der Waals surface area (Å²) >= 11 is 0.645. The van der Waals surface area contributed by atoms with Crippen molar-refractivity contribution in [2.75, 3.05) is 11.8 Å². The van der Waals surface area contributed by atoms with E-state index in [-0.39, 0.29) is 15.0 Å². The van der Waals surface area contributed by atoms with Gasteiger partial charge in [0.05, 0.1) is 16.9 Å². The lowest BCUT2D eigenvalue weighted by molar-refractivity contribution is -0.380. The first-order valence-corrected chi connectivity index (χ1v) is 7.49. The summed E-state index contributed by atoms with van der Waals surface area (Å²) in [6.45, 7) is 0. The van der Waals surface area contributed by atoms with E-state index in [0.717, 1.165) is 6.20 Å². The minimum atomic E-state index is -3.83. The normalized spacial score (nSPS) is 11.1. The second kappa shape index (κ2) is 5.43. The molecule has 20 heavy (non-hydrogen) atoms. The van der Waals surface area contributed by atoms with Crippen molar-refractivity contribution in [1.29, 1.82) is 0 Å². The van der Waals surface area contributed by atoms with Crippen LogP contribution in [-0.4, -0.2) is 25.4 Å². The van der Waals surface area contributed by atoms with Gasteiger partial charge >= 0.3 is 5.00 Å². The number of anilines is 1. The maximum Gasteiger partial charge on any atom is 0.345 e. The van der Waals surface area contributed by atoms with Crippen LogP contribution in [0.4, 0.5) is 10.1 Å². The Morgan fingerprint density at radius 2 is 2.00 bits per heavy atom. The number of rotatable bonds is 5. The number of nitrogens with one attached hydrogen (secondary N) is 1. The van der Waals surface area contributed by atoms with Crippen molar-refractivity contribution >= 4 is 31.5 Å². The molecular weight excluding hydrogens is 306 g/mol. The van der Waals surface area contributed by atoms with E-state index >= 15 is 0 Å². The molecular formula is C10H9N3O5S2. The van der Waals surface area contributed by atoms with Crippen LogP contribution in [0.5, 0.6) is 5.75 Å². The highest BCUT2D eigenvalue weighted by molar-refractivity contribution is 7.93. The van der Waals surface area contributed by atoms with Crippen LogP contribution in [0, 0.1) is 10.1 Å². The molecule has 8 nitrogen and oxygen atoms in total. The number of methoxy groups -OCH3 is 1. The molecule has 1 N–H and O–H groups in total. The van der Waals surface area contributed by atoms with Gasteiger partial charge in [0.1, 0.15) is 11.9 Å². The number of ether oxygens (including phenoxy) is 1. The van der Waals surface area contributed by atoms with Crippen LogP contribution in [0.2, 0.25) is 0 Å². The van der Waals surface area contributed by atoms with Gasteiger partial charge in [-0.05, 0) is 35.6 Å². The summed E-state index contributed by atoms with van der Waals surface area (Å²) in [6.07, 6.45) is 0.997. The number of nitrogens with zero attached hydrogens (tertiary/aromatic N) is 2. The maximum absolute atomic E-state index is 12.0.